The van der Waals surface area contributed by atoms with Crippen LogP contribution in [0.25, 0.3) is 0 Å². The van der Waals surface area contributed by atoms with Crippen molar-refractivity contribution >= 4 is 45.1 Å². The average molecular weight is 353 g/mol. The second-order valence-corrected chi connectivity index (χ2v) is 6.22. The van der Waals surface area contributed by atoms with Crippen molar-refractivity contribution < 1.29 is 4.39 Å². The number of hydrogen-bond acceptors (Lipinski definition) is 3. The maximum absolute atomic E-state index is 14.0. The molecule has 0 N–H and O–H groups in total. The highest BCUT2D eigenvalue weighted by Crippen LogP contribution is 2.49. The minimum Gasteiger partial charge on any atom is -0.296 e. The van der Waals surface area contributed by atoms with Crippen molar-refractivity contribution in [2.24, 2.45) is 0 Å². The lowest BCUT2D eigenvalue weighted by molar-refractivity contribution is 0.630. The molecule has 2 nitrogen and oxygen atoms in total. The largest absolute Gasteiger partial charge is 0.296 e. The number of alkyl halides is 1. The molecule has 104 valence electrons. The summed E-state index contributed by atoms with van der Waals surface area (Å²) in [5, 5.41) is 0.964. The first-order chi connectivity index (χ1) is 9.81. The van der Waals surface area contributed by atoms with Gasteiger partial charge in [-0.25, -0.2) is 4.39 Å². The number of nitrogens with zero attached hydrogens (tertiary/aromatic N) is 2. The molecule has 0 aromatic heterocycles. The fraction of sp³-hybridized carbons (Fsp3) is 0.200. The van der Waals surface area contributed by atoms with E-state index in [0.717, 1.165) is 29.7 Å². The summed E-state index contributed by atoms with van der Waals surface area (Å²) in [7, 11) is 0. The third kappa shape index (κ3) is 2.52. The topological polar surface area (TPSA) is 6.48 Å². The number of para-hydroxylation sites is 3. The molecule has 1 aliphatic rings. The third-order valence-electron chi connectivity index (χ3n) is 3.12. The van der Waals surface area contributed by atoms with Crippen molar-refractivity contribution in [3.8, 4) is 0 Å². The summed E-state index contributed by atoms with van der Waals surface area (Å²) < 4.78 is 18.2. The molecule has 0 amide bonds. The molecular formula is C15H14BrFN2S. The summed E-state index contributed by atoms with van der Waals surface area (Å²) in [5.41, 5.74) is 2.78. The van der Waals surface area contributed by atoms with Crippen LogP contribution in [-0.4, -0.2) is 11.9 Å². The van der Waals surface area contributed by atoms with Gasteiger partial charge in [0.15, 0.2) is 0 Å². The summed E-state index contributed by atoms with van der Waals surface area (Å²) in [5.74, 6) is -0.197. The van der Waals surface area contributed by atoms with E-state index in [-0.39, 0.29) is 5.82 Å². The van der Waals surface area contributed by atoms with Gasteiger partial charge in [-0.15, -0.1) is 0 Å². The van der Waals surface area contributed by atoms with Crippen LogP contribution in [-0.2, 0) is 0 Å². The van der Waals surface area contributed by atoms with E-state index in [4.69, 9.17) is 0 Å². The Labute approximate surface area is 131 Å². The molecule has 0 atom stereocenters. The van der Waals surface area contributed by atoms with Crippen molar-refractivity contribution in [2.45, 2.75) is 6.42 Å². The normalized spacial score (nSPS) is 13.7. The van der Waals surface area contributed by atoms with Gasteiger partial charge in [-0.3, -0.25) is 8.61 Å². The van der Waals surface area contributed by atoms with E-state index in [2.05, 4.69) is 26.3 Å². The third-order valence-corrected chi connectivity index (χ3v) is 4.81. The van der Waals surface area contributed by atoms with Crippen molar-refractivity contribution in [1.29, 1.82) is 0 Å². The Morgan fingerprint density at radius 3 is 2.30 bits per heavy atom. The first-order valence-corrected chi connectivity index (χ1v) is 8.31. The molecule has 1 heterocycles. The van der Waals surface area contributed by atoms with Gasteiger partial charge in [0.25, 0.3) is 0 Å². The molecule has 0 unspecified atom stereocenters. The molecular weight excluding hydrogens is 339 g/mol. The van der Waals surface area contributed by atoms with Crippen molar-refractivity contribution in [3.05, 3.63) is 54.3 Å². The zero-order chi connectivity index (χ0) is 13.9. The minimum absolute atomic E-state index is 0.197. The Kier molecular flexibility index (Phi) is 4.17. The fourth-order valence-electron chi connectivity index (χ4n) is 2.19. The van der Waals surface area contributed by atoms with E-state index in [1.165, 1.54) is 6.07 Å². The number of rotatable bonds is 4. The molecule has 0 radical (unpaired) electrons. The highest BCUT2D eigenvalue weighted by Gasteiger charge is 2.29. The monoisotopic (exact) mass is 352 g/mol. The number of benzene rings is 2. The molecule has 0 saturated carbocycles. The Hall–Kier alpha value is -1.20. The number of hydrogen-bond donors (Lipinski definition) is 0. The Morgan fingerprint density at radius 2 is 1.60 bits per heavy atom. The van der Waals surface area contributed by atoms with Crippen LogP contribution in [0, 0.1) is 5.82 Å². The van der Waals surface area contributed by atoms with Crippen LogP contribution >= 0.6 is 28.1 Å². The highest BCUT2D eigenvalue weighted by atomic mass is 79.9. The standard InChI is InChI=1S/C15H14BrFN2S/c16-10-5-11-18-14-8-3-4-9-15(14)19(20-18)13-7-2-1-6-12(13)17/h1-4,6-9H,5,10-11H2. The summed E-state index contributed by atoms with van der Waals surface area (Å²) in [4.78, 5) is 0. The van der Waals surface area contributed by atoms with Crippen LogP contribution < -0.4 is 8.61 Å². The predicted octanol–water partition coefficient (Wildman–Crippen LogP) is 5.13. The SMILES string of the molecule is Fc1ccccc1N1SN(CCCBr)c2ccccc21. The second-order valence-electron chi connectivity index (χ2n) is 4.46. The van der Waals surface area contributed by atoms with Gasteiger partial charge in [0.2, 0.25) is 0 Å². The van der Waals surface area contributed by atoms with Crippen LogP contribution in [0.1, 0.15) is 6.42 Å². The summed E-state index contributed by atoms with van der Waals surface area (Å²) in [6.07, 6.45) is 1.05. The van der Waals surface area contributed by atoms with Gasteiger partial charge in [0.05, 0.1) is 29.2 Å². The fourth-order valence-corrected chi connectivity index (χ4v) is 3.57. The first kappa shape index (κ1) is 13.8. The molecule has 1 aliphatic heterocycles. The summed E-state index contributed by atoms with van der Waals surface area (Å²) in [6.45, 7) is 0.928. The quantitative estimate of drug-likeness (QED) is 0.556. The van der Waals surface area contributed by atoms with Gasteiger partial charge in [0.1, 0.15) is 5.82 Å². The maximum atomic E-state index is 14.0. The van der Waals surface area contributed by atoms with Crippen LogP contribution in [0.2, 0.25) is 0 Å². The highest BCUT2D eigenvalue weighted by molar-refractivity contribution is 9.09. The molecule has 0 aliphatic carbocycles. The predicted molar refractivity (Wildman–Crippen MR) is 88.3 cm³/mol. The average Bonchev–Trinajstić information content (AvgIpc) is 2.84. The summed E-state index contributed by atoms with van der Waals surface area (Å²) >= 11 is 5.01. The molecule has 2 aromatic carbocycles. The first-order valence-electron chi connectivity index (χ1n) is 6.46. The van der Waals surface area contributed by atoms with E-state index in [0.29, 0.717) is 5.69 Å². The maximum Gasteiger partial charge on any atom is 0.147 e. The van der Waals surface area contributed by atoms with Crippen LogP contribution in [0.4, 0.5) is 21.5 Å². The molecule has 3 rings (SSSR count). The van der Waals surface area contributed by atoms with Gasteiger partial charge in [-0.2, -0.15) is 0 Å². The number of fused-ring (bicyclic) bond motifs is 1. The van der Waals surface area contributed by atoms with Crippen molar-refractivity contribution in [3.63, 3.8) is 0 Å². The zero-order valence-electron chi connectivity index (χ0n) is 10.8. The summed E-state index contributed by atoms with van der Waals surface area (Å²) in [6, 6.07) is 15.0. The lowest BCUT2D eigenvalue weighted by Crippen LogP contribution is -2.15. The Balaban J connectivity index is 1.97. The Bertz CT molecular complexity index is 608. The molecule has 20 heavy (non-hydrogen) atoms. The van der Waals surface area contributed by atoms with E-state index in [1.807, 2.05) is 34.6 Å². The lowest BCUT2D eigenvalue weighted by atomic mass is 10.2. The van der Waals surface area contributed by atoms with Gasteiger partial charge in [-0.1, -0.05) is 40.2 Å². The van der Waals surface area contributed by atoms with E-state index in [1.54, 1.807) is 18.2 Å². The van der Waals surface area contributed by atoms with Crippen molar-refractivity contribution in [2.75, 3.05) is 20.5 Å². The molecule has 0 spiro atoms. The van der Waals surface area contributed by atoms with Crippen LogP contribution in [0.5, 0.6) is 0 Å². The van der Waals surface area contributed by atoms with E-state index < -0.39 is 0 Å². The van der Waals surface area contributed by atoms with E-state index in [9.17, 15) is 4.39 Å². The minimum atomic E-state index is -0.197. The van der Waals surface area contributed by atoms with E-state index >= 15 is 0 Å². The van der Waals surface area contributed by atoms with Crippen LogP contribution in [0.3, 0.4) is 0 Å². The molecule has 0 saturated heterocycles. The van der Waals surface area contributed by atoms with Crippen LogP contribution in [0.15, 0.2) is 48.5 Å². The Morgan fingerprint density at radius 1 is 0.950 bits per heavy atom. The molecule has 5 heteroatoms. The number of anilines is 3. The van der Waals surface area contributed by atoms with Gasteiger partial charge >= 0.3 is 0 Å². The van der Waals surface area contributed by atoms with Crippen molar-refractivity contribution in [1.82, 2.24) is 0 Å². The number of halogens is 2. The zero-order valence-corrected chi connectivity index (χ0v) is 13.2. The molecule has 0 fully saturated rings. The second kappa shape index (κ2) is 6.06. The smallest absolute Gasteiger partial charge is 0.147 e. The van der Waals surface area contributed by atoms with Gasteiger partial charge in [0, 0.05) is 11.9 Å². The van der Waals surface area contributed by atoms with Gasteiger partial charge < -0.3 is 0 Å². The molecule has 0 bridgehead atoms. The van der Waals surface area contributed by atoms with Gasteiger partial charge in [-0.05, 0) is 30.7 Å². The lowest BCUT2D eigenvalue weighted by Gasteiger charge is -2.19. The molecule has 2 aromatic rings.